The molecule has 0 bridgehead atoms. The van der Waals surface area contributed by atoms with Crippen LogP contribution in [0, 0.1) is 11.8 Å². The highest BCUT2D eigenvalue weighted by atomic mass is 16.4. The minimum absolute atomic E-state index is 0.0471. The smallest absolute Gasteiger partial charge is 0.326 e. The zero-order chi connectivity index (χ0) is 26.7. The SMILES string of the molecule is CCC(C)C(NC(=O)C(Cc1cnc[nH]1)NC(=O)C(CC(N)=O)NC(=O)C(N)CC(C)C)C(=O)O. The summed E-state index contributed by atoms with van der Waals surface area (Å²) < 4.78 is 0. The van der Waals surface area contributed by atoms with E-state index in [4.69, 9.17) is 11.5 Å². The van der Waals surface area contributed by atoms with Crippen LogP contribution in [0.1, 0.15) is 52.7 Å². The van der Waals surface area contributed by atoms with Crippen LogP contribution in [0.5, 0.6) is 0 Å². The van der Waals surface area contributed by atoms with E-state index in [9.17, 15) is 29.1 Å². The van der Waals surface area contributed by atoms with Crippen LogP contribution in [-0.2, 0) is 30.4 Å². The number of carboxylic acids is 1. The van der Waals surface area contributed by atoms with Gasteiger partial charge in [0.05, 0.1) is 18.8 Å². The number of primary amides is 1. The molecule has 1 aromatic rings. The molecular formula is C22H37N7O6. The van der Waals surface area contributed by atoms with Crippen molar-refractivity contribution in [3.05, 3.63) is 18.2 Å². The maximum Gasteiger partial charge on any atom is 0.326 e. The lowest BCUT2D eigenvalue weighted by atomic mass is 9.98. The van der Waals surface area contributed by atoms with E-state index in [0.717, 1.165) is 0 Å². The number of hydrogen-bond acceptors (Lipinski definition) is 7. The Kier molecular flexibility index (Phi) is 11.9. The highest BCUT2D eigenvalue weighted by Gasteiger charge is 2.32. The number of imidazole rings is 1. The first kappa shape index (κ1) is 29.6. The molecular weight excluding hydrogens is 458 g/mol. The quantitative estimate of drug-likeness (QED) is 0.156. The topological polar surface area (TPSA) is 222 Å². The van der Waals surface area contributed by atoms with Gasteiger partial charge in [-0.15, -0.1) is 0 Å². The molecule has 9 N–H and O–H groups in total. The van der Waals surface area contributed by atoms with Gasteiger partial charge in [0.25, 0.3) is 0 Å². The van der Waals surface area contributed by atoms with Gasteiger partial charge in [-0.2, -0.15) is 0 Å². The number of aromatic amines is 1. The standard InChI is InChI=1S/C22H37N7O6/c1-5-12(4)18(22(34)35)29-21(33)15(7-13-9-25-10-26-13)28-20(32)16(8-17(24)30)27-19(31)14(23)6-11(2)3/h9-12,14-16,18H,5-8,23H2,1-4H3,(H2,24,30)(H,25,26)(H,27,31)(H,28,32)(H,29,33)(H,34,35). The fourth-order valence-electron chi connectivity index (χ4n) is 3.34. The van der Waals surface area contributed by atoms with Gasteiger partial charge in [0.1, 0.15) is 18.1 Å². The second-order valence-electron chi connectivity index (χ2n) is 9.02. The molecule has 4 amide bonds. The molecule has 196 valence electrons. The van der Waals surface area contributed by atoms with E-state index in [1.807, 2.05) is 13.8 Å². The van der Waals surface area contributed by atoms with Crippen LogP contribution >= 0.6 is 0 Å². The molecule has 0 saturated heterocycles. The lowest BCUT2D eigenvalue weighted by Gasteiger charge is -2.26. The van der Waals surface area contributed by atoms with Crippen LogP contribution in [0.3, 0.4) is 0 Å². The van der Waals surface area contributed by atoms with Crippen LogP contribution in [-0.4, -0.2) is 68.8 Å². The average molecular weight is 496 g/mol. The highest BCUT2D eigenvalue weighted by molar-refractivity contribution is 5.96. The summed E-state index contributed by atoms with van der Waals surface area (Å²) in [4.78, 5) is 68.4. The number of rotatable bonds is 15. The van der Waals surface area contributed by atoms with E-state index in [0.29, 0.717) is 18.5 Å². The van der Waals surface area contributed by atoms with E-state index in [1.165, 1.54) is 12.5 Å². The van der Waals surface area contributed by atoms with Crippen molar-refractivity contribution in [2.45, 2.75) is 77.5 Å². The van der Waals surface area contributed by atoms with Gasteiger partial charge in [-0.05, 0) is 18.3 Å². The molecule has 0 aliphatic carbocycles. The van der Waals surface area contributed by atoms with E-state index in [-0.39, 0.29) is 18.3 Å². The molecule has 0 fully saturated rings. The van der Waals surface area contributed by atoms with Gasteiger partial charge in [0, 0.05) is 18.3 Å². The van der Waals surface area contributed by atoms with Crippen LogP contribution in [0.2, 0.25) is 0 Å². The average Bonchev–Trinajstić information content (AvgIpc) is 3.27. The molecule has 5 atom stereocenters. The molecule has 1 rings (SSSR count). The molecule has 0 radical (unpaired) electrons. The molecule has 0 spiro atoms. The number of aliphatic carboxylic acids is 1. The number of nitrogens with zero attached hydrogens (tertiary/aromatic N) is 1. The van der Waals surface area contributed by atoms with E-state index in [1.54, 1.807) is 13.8 Å². The van der Waals surface area contributed by atoms with Crippen LogP contribution in [0.25, 0.3) is 0 Å². The fraction of sp³-hybridized carbons (Fsp3) is 0.636. The zero-order valence-corrected chi connectivity index (χ0v) is 20.5. The van der Waals surface area contributed by atoms with Crippen molar-refractivity contribution < 1.29 is 29.1 Å². The van der Waals surface area contributed by atoms with Crippen molar-refractivity contribution in [3.8, 4) is 0 Å². The third kappa shape index (κ3) is 10.1. The number of hydrogen-bond donors (Lipinski definition) is 7. The van der Waals surface area contributed by atoms with Crippen molar-refractivity contribution in [2.24, 2.45) is 23.3 Å². The van der Waals surface area contributed by atoms with Crippen molar-refractivity contribution in [1.29, 1.82) is 0 Å². The summed E-state index contributed by atoms with van der Waals surface area (Å²) in [7, 11) is 0. The van der Waals surface area contributed by atoms with Gasteiger partial charge < -0.3 is 37.5 Å². The summed E-state index contributed by atoms with van der Waals surface area (Å²) in [5.41, 5.74) is 11.6. The number of carboxylic acid groups (broad SMARTS) is 1. The number of H-pyrrole nitrogens is 1. The van der Waals surface area contributed by atoms with Crippen LogP contribution in [0.15, 0.2) is 12.5 Å². The number of amides is 4. The lowest BCUT2D eigenvalue weighted by molar-refractivity contribution is -0.144. The number of carbonyl (C=O) groups excluding carboxylic acids is 4. The summed E-state index contributed by atoms with van der Waals surface area (Å²) in [5, 5.41) is 16.9. The van der Waals surface area contributed by atoms with Crippen LogP contribution in [0.4, 0.5) is 0 Å². The molecule has 0 saturated carbocycles. The summed E-state index contributed by atoms with van der Waals surface area (Å²) in [6, 6.07) is -4.69. The predicted molar refractivity (Wildman–Crippen MR) is 126 cm³/mol. The summed E-state index contributed by atoms with van der Waals surface area (Å²) in [5.74, 6) is -4.54. The minimum Gasteiger partial charge on any atom is -0.480 e. The first-order chi connectivity index (χ1) is 16.3. The van der Waals surface area contributed by atoms with Gasteiger partial charge in [-0.25, -0.2) is 9.78 Å². The zero-order valence-electron chi connectivity index (χ0n) is 20.5. The Bertz CT molecular complexity index is 874. The normalized spacial score (nSPS) is 15.4. The van der Waals surface area contributed by atoms with Gasteiger partial charge in [0.15, 0.2) is 0 Å². The van der Waals surface area contributed by atoms with Gasteiger partial charge in [0.2, 0.25) is 23.6 Å². The molecule has 0 aliphatic rings. The predicted octanol–water partition coefficient (Wildman–Crippen LogP) is -1.21. The molecule has 0 aliphatic heterocycles. The molecule has 13 nitrogen and oxygen atoms in total. The first-order valence-electron chi connectivity index (χ1n) is 11.5. The Morgan fingerprint density at radius 3 is 2.11 bits per heavy atom. The Labute approximate surface area is 204 Å². The molecule has 1 heterocycles. The van der Waals surface area contributed by atoms with Gasteiger partial charge >= 0.3 is 5.97 Å². The second-order valence-corrected chi connectivity index (χ2v) is 9.02. The lowest BCUT2D eigenvalue weighted by Crippen LogP contribution is -2.58. The monoisotopic (exact) mass is 495 g/mol. The minimum atomic E-state index is -1.37. The second kappa shape index (κ2) is 14.0. The molecule has 13 heteroatoms. The Morgan fingerprint density at radius 2 is 1.63 bits per heavy atom. The Morgan fingerprint density at radius 1 is 1.03 bits per heavy atom. The van der Waals surface area contributed by atoms with E-state index >= 15 is 0 Å². The van der Waals surface area contributed by atoms with Gasteiger partial charge in [-0.1, -0.05) is 34.1 Å². The fourth-order valence-corrected chi connectivity index (χ4v) is 3.34. The van der Waals surface area contributed by atoms with Crippen LogP contribution < -0.4 is 27.4 Å². The van der Waals surface area contributed by atoms with Crippen molar-refractivity contribution in [2.75, 3.05) is 0 Å². The van der Waals surface area contributed by atoms with Gasteiger partial charge in [-0.3, -0.25) is 19.2 Å². The number of carbonyl (C=O) groups is 5. The number of aromatic nitrogens is 2. The highest BCUT2D eigenvalue weighted by Crippen LogP contribution is 2.10. The first-order valence-corrected chi connectivity index (χ1v) is 11.5. The maximum atomic E-state index is 13.0. The third-order valence-corrected chi connectivity index (χ3v) is 5.49. The summed E-state index contributed by atoms with van der Waals surface area (Å²) in [6.07, 6.45) is 3.12. The van der Waals surface area contributed by atoms with Crippen molar-refractivity contribution in [1.82, 2.24) is 25.9 Å². The third-order valence-electron chi connectivity index (χ3n) is 5.49. The van der Waals surface area contributed by atoms with E-state index < -0.39 is 60.2 Å². The largest absolute Gasteiger partial charge is 0.480 e. The molecule has 1 aromatic heterocycles. The van der Waals surface area contributed by atoms with E-state index in [2.05, 4.69) is 25.9 Å². The van der Waals surface area contributed by atoms with Crippen molar-refractivity contribution >= 4 is 29.6 Å². The Hall–Kier alpha value is -3.48. The Balaban J connectivity index is 3.09. The molecule has 5 unspecified atom stereocenters. The summed E-state index contributed by atoms with van der Waals surface area (Å²) in [6.45, 7) is 7.23. The van der Waals surface area contributed by atoms with Crippen molar-refractivity contribution in [3.63, 3.8) is 0 Å². The molecule has 35 heavy (non-hydrogen) atoms. The summed E-state index contributed by atoms with van der Waals surface area (Å²) >= 11 is 0. The number of nitrogens with one attached hydrogen (secondary N) is 4. The maximum absolute atomic E-state index is 13.0. The number of nitrogens with two attached hydrogens (primary N) is 2. The molecule has 0 aromatic carbocycles.